The van der Waals surface area contributed by atoms with Crippen molar-refractivity contribution >= 4 is 27.3 Å². The number of likely N-dealkylation sites (N-methyl/N-ethyl adjacent to an activating group) is 1. The first-order valence-electron chi connectivity index (χ1n) is 11.4. The van der Waals surface area contributed by atoms with Crippen LogP contribution in [0.1, 0.15) is 31.9 Å². The third-order valence-electron chi connectivity index (χ3n) is 6.29. The topological polar surface area (TPSA) is 86.1 Å². The number of piperazine rings is 1. The van der Waals surface area contributed by atoms with Crippen LogP contribution in [0.4, 0.5) is 5.13 Å². The Labute approximate surface area is 187 Å². The highest BCUT2D eigenvalue weighted by atomic mass is 32.1. The van der Waals surface area contributed by atoms with Crippen LogP contribution >= 0.6 is 11.3 Å². The molecule has 0 spiro atoms. The minimum absolute atomic E-state index is 0.0414. The molecule has 31 heavy (non-hydrogen) atoms. The van der Waals surface area contributed by atoms with E-state index in [4.69, 9.17) is 0 Å². The van der Waals surface area contributed by atoms with Gasteiger partial charge in [-0.3, -0.25) is 9.59 Å². The van der Waals surface area contributed by atoms with Crippen LogP contribution in [0.15, 0.2) is 10.9 Å². The molecular formula is C21H33N7O2S. The van der Waals surface area contributed by atoms with E-state index < -0.39 is 0 Å². The van der Waals surface area contributed by atoms with Crippen LogP contribution in [0.2, 0.25) is 0 Å². The molecule has 2 fully saturated rings. The average molecular weight is 448 g/mol. The summed E-state index contributed by atoms with van der Waals surface area (Å²) < 4.78 is 1.36. The summed E-state index contributed by atoms with van der Waals surface area (Å²) in [6.45, 7) is 13.0. The Morgan fingerprint density at radius 2 is 2.00 bits per heavy atom. The number of nitrogens with zero attached hydrogens (tertiary/aromatic N) is 6. The molecule has 170 valence electrons. The van der Waals surface area contributed by atoms with Crippen molar-refractivity contribution in [1.29, 1.82) is 0 Å². The molecule has 2 aromatic rings. The van der Waals surface area contributed by atoms with Crippen molar-refractivity contribution in [2.75, 3.05) is 63.8 Å². The SMILES string of the molecule is CCN1CCN(CCCNC(=O)[C@@H]2CCCN(c3nn4c(=O)cc(C)nc4s3)C2)CC1. The number of rotatable bonds is 7. The molecule has 1 amide bonds. The minimum atomic E-state index is -0.160. The highest BCUT2D eigenvalue weighted by Gasteiger charge is 2.28. The van der Waals surface area contributed by atoms with Crippen LogP contribution < -0.4 is 15.8 Å². The van der Waals surface area contributed by atoms with Gasteiger partial charge in [0.2, 0.25) is 16.0 Å². The first-order valence-corrected chi connectivity index (χ1v) is 12.2. The summed E-state index contributed by atoms with van der Waals surface area (Å²) in [5, 5.41) is 8.36. The average Bonchev–Trinajstić information content (AvgIpc) is 3.21. The van der Waals surface area contributed by atoms with Crippen molar-refractivity contribution in [2.24, 2.45) is 5.92 Å². The first-order chi connectivity index (χ1) is 15.0. The Kier molecular flexibility index (Phi) is 7.19. The number of aryl methyl sites for hydroxylation is 1. The van der Waals surface area contributed by atoms with Gasteiger partial charge in [-0.25, -0.2) is 4.98 Å². The van der Waals surface area contributed by atoms with Crippen molar-refractivity contribution in [3.05, 3.63) is 22.1 Å². The molecule has 2 aliphatic heterocycles. The maximum absolute atomic E-state index is 12.7. The van der Waals surface area contributed by atoms with Gasteiger partial charge in [0.15, 0.2) is 0 Å². The Morgan fingerprint density at radius 3 is 2.77 bits per heavy atom. The van der Waals surface area contributed by atoms with Crippen molar-refractivity contribution < 1.29 is 4.79 Å². The van der Waals surface area contributed by atoms with E-state index in [0.29, 0.717) is 17.2 Å². The smallest absolute Gasteiger partial charge is 0.275 e. The molecule has 9 nitrogen and oxygen atoms in total. The highest BCUT2D eigenvalue weighted by Crippen LogP contribution is 2.27. The van der Waals surface area contributed by atoms with E-state index >= 15 is 0 Å². The van der Waals surface area contributed by atoms with Crippen LogP contribution in [0.5, 0.6) is 0 Å². The van der Waals surface area contributed by atoms with Crippen LogP contribution in [0.25, 0.3) is 4.96 Å². The van der Waals surface area contributed by atoms with Crippen molar-refractivity contribution in [2.45, 2.75) is 33.1 Å². The largest absolute Gasteiger partial charge is 0.356 e. The fourth-order valence-corrected chi connectivity index (χ4v) is 5.38. The molecule has 0 radical (unpaired) electrons. The van der Waals surface area contributed by atoms with Gasteiger partial charge < -0.3 is 20.0 Å². The molecule has 10 heteroatoms. The monoisotopic (exact) mass is 447 g/mol. The number of piperidine rings is 1. The molecule has 0 unspecified atom stereocenters. The van der Waals surface area contributed by atoms with E-state index in [-0.39, 0.29) is 17.4 Å². The fourth-order valence-electron chi connectivity index (χ4n) is 4.39. The van der Waals surface area contributed by atoms with Gasteiger partial charge in [-0.05, 0) is 39.3 Å². The summed E-state index contributed by atoms with van der Waals surface area (Å²) in [7, 11) is 0. The Balaban J connectivity index is 1.25. The number of aromatic nitrogens is 3. The lowest BCUT2D eigenvalue weighted by molar-refractivity contribution is -0.125. The zero-order chi connectivity index (χ0) is 21.8. The number of hydrogen-bond acceptors (Lipinski definition) is 8. The second-order valence-electron chi connectivity index (χ2n) is 8.52. The van der Waals surface area contributed by atoms with E-state index in [0.717, 1.165) is 76.8 Å². The number of anilines is 1. The van der Waals surface area contributed by atoms with E-state index in [1.807, 2.05) is 6.92 Å². The molecule has 2 aliphatic rings. The fraction of sp³-hybridized carbons (Fsp3) is 0.714. The number of hydrogen-bond donors (Lipinski definition) is 1. The van der Waals surface area contributed by atoms with Gasteiger partial charge in [0, 0.05) is 57.6 Å². The third-order valence-corrected chi connectivity index (χ3v) is 7.26. The summed E-state index contributed by atoms with van der Waals surface area (Å²) in [6, 6.07) is 1.49. The number of carbonyl (C=O) groups excluding carboxylic acids is 1. The van der Waals surface area contributed by atoms with E-state index in [1.54, 1.807) is 0 Å². The van der Waals surface area contributed by atoms with E-state index in [1.165, 1.54) is 21.9 Å². The van der Waals surface area contributed by atoms with Gasteiger partial charge in [-0.1, -0.05) is 18.3 Å². The highest BCUT2D eigenvalue weighted by molar-refractivity contribution is 7.20. The number of carbonyl (C=O) groups is 1. The Morgan fingerprint density at radius 1 is 1.23 bits per heavy atom. The molecular weight excluding hydrogens is 414 g/mol. The maximum Gasteiger partial charge on any atom is 0.275 e. The minimum Gasteiger partial charge on any atom is -0.356 e. The van der Waals surface area contributed by atoms with Crippen LogP contribution in [0.3, 0.4) is 0 Å². The van der Waals surface area contributed by atoms with Crippen molar-refractivity contribution in [3.8, 4) is 0 Å². The molecule has 4 heterocycles. The normalized spacial score (nSPS) is 21.0. The van der Waals surface area contributed by atoms with E-state index in [9.17, 15) is 9.59 Å². The van der Waals surface area contributed by atoms with Crippen LogP contribution in [-0.4, -0.2) is 89.2 Å². The van der Waals surface area contributed by atoms with Gasteiger partial charge in [-0.15, -0.1) is 5.10 Å². The third kappa shape index (κ3) is 5.42. The predicted molar refractivity (Wildman–Crippen MR) is 123 cm³/mol. The second kappa shape index (κ2) is 10.1. The Hall–Kier alpha value is -2.04. The van der Waals surface area contributed by atoms with Crippen LogP contribution in [-0.2, 0) is 4.79 Å². The quantitative estimate of drug-likeness (QED) is 0.629. The molecule has 2 aromatic heterocycles. The zero-order valence-corrected chi connectivity index (χ0v) is 19.4. The van der Waals surface area contributed by atoms with Gasteiger partial charge in [0.05, 0.1) is 5.92 Å². The standard InChI is InChI=1S/C21H33N7O2S/c1-3-25-10-12-26(13-11-25)8-5-7-22-19(30)17-6-4-9-27(15-17)21-24-28-18(29)14-16(2)23-20(28)31-21/h14,17H,3-13,15H2,1-2H3,(H,22,30)/t17-/m1/s1. The van der Waals surface area contributed by atoms with Gasteiger partial charge in [0.25, 0.3) is 5.56 Å². The number of fused-ring (bicyclic) bond motifs is 1. The summed E-state index contributed by atoms with van der Waals surface area (Å²) in [5.41, 5.74) is 0.538. The van der Waals surface area contributed by atoms with Crippen LogP contribution in [0, 0.1) is 12.8 Å². The summed E-state index contributed by atoms with van der Waals surface area (Å²) in [4.78, 5) is 37.0. The maximum atomic E-state index is 12.7. The molecule has 1 N–H and O–H groups in total. The second-order valence-corrected chi connectivity index (χ2v) is 9.45. The molecule has 0 aliphatic carbocycles. The van der Waals surface area contributed by atoms with E-state index in [2.05, 4.69) is 37.0 Å². The number of amides is 1. The zero-order valence-electron chi connectivity index (χ0n) is 18.5. The molecule has 0 saturated carbocycles. The van der Waals surface area contributed by atoms with Crippen molar-refractivity contribution in [1.82, 2.24) is 29.7 Å². The molecule has 2 saturated heterocycles. The summed E-state index contributed by atoms with van der Waals surface area (Å²) in [6.07, 6.45) is 2.82. The lowest BCUT2D eigenvalue weighted by Crippen LogP contribution is -2.47. The molecule has 4 rings (SSSR count). The van der Waals surface area contributed by atoms with Gasteiger partial charge >= 0.3 is 0 Å². The predicted octanol–water partition coefficient (Wildman–Crippen LogP) is 0.820. The summed E-state index contributed by atoms with van der Waals surface area (Å²) >= 11 is 1.41. The van der Waals surface area contributed by atoms with Gasteiger partial charge in [0.1, 0.15) is 0 Å². The first kappa shape index (κ1) is 22.2. The molecule has 0 bridgehead atoms. The van der Waals surface area contributed by atoms with Gasteiger partial charge in [-0.2, -0.15) is 4.52 Å². The molecule has 1 atom stereocenters. The molecule has 0 aromatic carbocycles. The van der Waals surface area contributed by atoms with Crippen molar-refractivity contribution in [3.63, 3.8) is 0 Å². The summed E-state index contributed by atoms with van der Waals surface area (Å²) in [5.74, 6) is 0.0908. The lowest BCUT2D eigenvalue weighted by atomic mass is 9.97. The Bertz CT molecular complexity index is 951. The lowest BCUT2D eigenvalue weighted by Gasteiger charge is -2.34. The number of nitrogens with one attached hydrogen (secondary N) is 1.